The summed E-state index contributed by atoms with van der Waals surface area (Å²) >= 11 is 0. The van der Waals surface area contributed by atoms with Crippen molar-refractivity contribution in [3.63, 3.8) is 0 Å². The molecule has 0 spiro atoms. The summed E-state index contributed by atoms with van der Waals surface area (Å²) in [5, 5.41) is 0. The Labute approximate surface area is 196 Å². The van der Waals surface area contributed by atoms with Crippen molar-refractivity contribution in [3.05, 3.63) is 80.4 Å². The SMILES string of the molecule is CCCn1c2c(c(=O)n(C3CC3)c1=O)CC(c1ccc(N(CC)C(=O)c3cccnc3)nc1)=N2. The lowest BCUT2D eigenvalue weighted by molar-refractivity contribution is 0.0987. The van der Waals surface area contributed by atoms with E-state index in [1.165, 1.54) is 10.8 Å². The molecule has 4 heterocycles. The first-order chi connectivity index (χ1) is 16.5. The number of aliphatic imine (C=N–C) groups is 1. The highest BCUT2D eigenvalue weighted by atomic mass is 16.2. The van der Waals surface area contributed by atoms with Gasteiger partial charge in [-0.25, -0.2) is 14.8 Å². The average Bonchev–Trinajstić information content (AvgIpc) is 3.59. The number of carbonyl (C=O) groups is 1. The van der Waals surface area contributed by atoms with Gasteiger partial charge in [0.1, 0.15) is 11.6 Å². The lowest BCUT2D eigenvalue weighted by Crippen LogP contribution is -2.40. The van der Waals surface area contributed by atoms with E-state index >= 15 is 0 Å². The molecule has 9 nitrogen and oxygen atoms in total. The minimum absolute atomic E-state index is 0.00999. The van der Waals surface area contributed by atoms with Gasteiger partial charge in [-0.2, -0.15) is 0 Å². The third-order valence-electron chi connectivity index (χ3n) is 6.21. The Bertz CT molecular complexity index is 1390. The number of aromatic nitrogens is 4. The molecule has 0 saturated heterocycles. The van der Waals surface area contributed by atoms with Crippen molar-refractivity contribution in [3.8, 4) is 0 Å². The molecule has 0 unspecified atom stereocenters. The number of anilines is 1. The van der Waals surface area contributed by atoms with Crippen molar-refractivity contribution in [1.29, 1.82) is 0 Å². The van der Waals surface area contributed by atoms with Crippen molar-refractivity contribution in [2.45, 2.75) is 52.1 Å². The fourth-order valence-corrected chi connectivity index (χ4v) is 4.35. The maximum atomic E-state index is 13.1. The van der Waals surface area contributed by atoms with Gasteiger partial charge in [0.25, 0.3) is 11.5 Å². The fraction of sp³-hybridized carbons (Fsp3) is 0.360. The van der Waals surface area contributed by atoms with Crippen LogP contribution in [-0.4, -0.2) is 37.3 Å². The average molecular weight is 459 g/mol. The lowest BCUT2D eigenvalue weighted by Gasteiger charge is -2.20. The maximum Gasteiger partial charge on any atom is 0.332 e. The van der Waals surface area contributed by atoms with Crippen LogP contribution in [-0.2, 0) is 13.0 Å². The van der Waals surface area contributed by atoms with Gasteiger partial charge in [-0.3, -0.25) is 28.6 Å². The molecule has 0 N–H and O–H groups in total. The standard InChI is InChI=1S/C25H26N6O3/c1-3-12-30-22-19(24(33)31(25(30)34)18-8-9-18)13-20(28-22)16-7-10-21(27-15-16)29(4-2)23(32)17-6-5-11-26-14-17/h5-7,10-11,14-15,18H,3-4,8-9,12-13H2,1-2H3. The number of fused-ring (bicyclic) bond motifs is 1. The van der Waals surface area contributed by atoms with Crippen LogP contribution in [0.5, 0.6) is 0 Å². The van der Waals surface area contributed by atoms with Crippen molar-refractivity contribution >= 4 is 23.3 Å². The molecule has 1 saturated carbocycles. The van der Waals surface area contributed by atoms with E-state index in [1.54, 1.807) is 40.1 Å². The van der Waals surface area contributed by atoms with Crippen molar-refractivity contribution in [1.82, 2.24) is 19.1 Å². The first kappa shape index (κ1) is 21.9. The van der Waals surface area contributed by atoms with Gasteiger partial charge in [-0.05, 0) is 50.5 Å². The van der Waals surface area contributed by atoms with Gasteiger partial charge < -0.3 is 0 Å². The second kappa shape index (κ2) is 8.81. The third kappa shape index (κ3) is 3.76. The Morgan fingerprint density at radius 2 is 1.97 bits per heavy atom. The van der Waals surface area contributed by atoms with Gasteiger partial charge in [0.05, 0.1) is 16.8 Å². The molecular weight excluding hydrogens is 432 g/mol. The molecule has 9 heteroatoms. The fourth-order valence-electron chi connectivity index (χ4n) is 4.35. The second-order valence-corrected chi connectivity index (χ2v) is 8.57. The number of nitrogens with zero attached hydrogens (tertiary/aromatic N) is 6. The van der Waals surface area contributed by atoms with Crippen LogP contribution in [0.4, 0.5) is 11.6 Å². The van der Waals surface area contributed by atoms with E-state index in [0.29, 0.717) is 48.0 Å². The molecular formula is C25H26N6O3. The number of rotatable bonds is 7. The minimum Gasteiger partial charge on any atom is -0.293 e. The van der Waals surface area contributed by atoms with Crippen LogP contribution in [0.25, 0.3) is 0 Å². The molecule has 0 radical (unpaired) electrons. The molecule has 34 heavy (non-hydrogen) atoms. The predicted octanol–water partition coefficient (Wildman–Crippen LogP) is 2.89. The van der Waals surface area contributed by atoms with E-state index in [0.717, 1.165) is 24.8 Å². The lowest BCUT2D eigenvalue weighted by atomic mass is 10.1. The van der Waals surface area contributed by atoms with Gasteiger partial charge in [0.2, 0.25) is 0 Å². The molecule has 1 aliphatic carbocycles. The molecule has 1 aliphatic heterocycles. The zero-order chi connectivity index (χ0) is 23.8. The smallest absolute Gasteiger partial charge is 0.293 e. The first-order valence-corrected chi connectivity index (χ1v) is 11.7. The Balaban J connectivity index is 1.46. The van der Waals surface area contributed by atoms with E-state index in [-0.39, 0.29) is 23.2 Å². The Kier molecular flexibility index (Phi) is 5.69. The summed E-state index contributed by atoms with van der Waals surface area (Å²) in [6, 6.07) is 7.09. The maximum absolute atomic E-state index is 13.1. The van der Waals surface area contributed by atoms with Crippen LogP contribution in [0.15, 0.2) is 57.4 Å². The van der Waals surface area contributed by atoms with E-state index in [2.05, 4.69) is 9.97 Å². The molecule has 0 aromatic carbocycles. The molecule has 1 amide bonds. The molecule has 0 atom stereocenters. The van der Waals surface area contributed by atoms with Crippen molar-refractivity contribution in [2.24, 2.45) is 4.99 Å². The van der Waals surface area contributed by atoms with Crippen LogP contribution in [0, 0.1) is 0 Å². The first-order valence-electron chi connectivity index (χ1n) is 11.7. The highest BCUT2D eigenvalue weighted by Gasteiger charge is 2.32. The normalized spacial score (nSPS) is 14.6. The van der Waals surface area contributed by atoms with Crippen LogP contribution in [0.1, 0.15) is 60.6 Å². The van der Waals surface area contributed by atoms with Crippen LogP contribution in [0.2, 0.25) is 0 Å². The zero-order valence-corrected chi connectivity index (χ0v) is 19.3. The molecule has 0 bridgehead atoms. The van der Waals surface area contributed by atoms with Crippen LogP contribution in [0.3, 0.4) is 0 Å². The Hall–Kier alpha value is -3.88. The summed E-state index contributed by atoms with van der Waals surface area (Å²) in [4.78, 5) is 53.8. The molecule has 3 aromatic rings. The quantitative estimate of drug-likeness (QED) is 0.542. The number of hydrogen-bond acceptors (Lipinski definition) is 6. The van der Waals surface area contributed by atoms with Gasteiger partial charge >= 0.3 is 5.69 Å². The third-order valence-corrected chi connectivity index (χ3v) is 6.21. The Morgan fingerprint density at radius 3 is 2.59 bits per heavy atom. The van der Waals surface area contributed by atoms with Gasteiger partial charge in [-0.1, -0.05) is 6.92 Å². The van der Waals surface area contributed by atoms with E-state index in [4.69, 9.17) is 4.99 Å². The zero-order valence-electron chi connectivity index (χ0n) is 19.3. The van der Waals surface area contributed by atoms with E-state index in [9.17, 15) is 14.4 Å². The van der Waals surface area contributed by atoms with E-state index in [1.807, 2.05) is 19.9 Å². The van der Waals surface area contributed by atoms with Crippen LogP contribution < -0.4 is 16.1 Å². The number of pyridine rings is 2. The minimum atomic E-state index is -0.265. The second-order valence-electron chi connectivity index (χ2n) is 8.57. The van der Waals surface area contributed by atoms with Crippen molar-refractivity contribution in [2.75, 3.05) is 11.4 Å². The number of carbonyl (C=O) groups excluding carboxylic acids is 1. The summed E-state index contributed by atoms with van der Waals surface area (Å²) in [6.45, 7) is 4.86. The summed E-state index contributed by atoms with van der Waals surface area (Å²) in [6.07, 6.45) is 7.69. The summed E-state index contributed by atoms with van der Waals surface area (Å²) in [5.41, 5.74) is 2.03. The topological polar surface area (TPSA) is 102 Å². The summed E-state index contributed by atoms with van der Waals surface area (Å²) in [7, 11) is 0. The van der Waals surface area contributed by atoms with Gasteiger partial charge in [0.15, 0.2) is 0 Å². The number of hydrogen-bond donors (Lipinski definition) is 0. The molecule has 3 aromatic heterocycles. The molecule has 2 aliphatic rings. The highest BCUT2D eigenvalue weighted by Crippen LogP contribution is 2.34. The Morgan fingerprint density at radius 1 is 1.15 bits per heavy atom. The number of amides is 1. The highest BCUT2D eigenvalue weighted by molar-refractivity contribution is 6.07. The summed E-state index contributed by atoms with van der Waals surface area (Å²) < 4.78 is 3.05. The van der Waals surface area contributed by atoms with Gasteiger partial charge in [0, 0.05) is 49.7 Å². The summed E-state index contributed by atoms with van der Waals surface area (Å²) in [5.74, 6) is 0.815. The predicted molar refractivity (Wildman–Crippen MR) is 129 cm³/mol. The molecule has 5 rings (SSSR count). The molecule has 174 valence electrons. The monoisotopic (exact) mass is 458 g/mol. The van der Waals surface area contributed by atoms with Crippen LogP contribution >= 0.6 is 0 Å². The molecule has 1 fully saturated rings. The van der Waals surface area contributed by atoms with Gasteiger partial charge in [-0.15, -0.1) is 0 Å². The van der Waals surface area contributed by atoms with E-state index < -0.39 is 0 Å². The largest absolute Gasteiger partial charge is 0.332 e. The van der Waals surface area contributed by atoms with Crippen molar-refractivity contribution < 1.29 is 4.79 Å².